The van der Waals surface area contributed by atoms with Crippen LogP contribution in [0.1, 0.15) is 39.5 Å². The zero-order valence-electron chi connectivity index (χ0n) is 11.0. The van der Waals surface area contributed by atoms with Gasteiger partial charge in [0.1, 0.15) is 11.9 Å². The highest BCUT2D eigenvalue weighted by molar-refractivity contribution is 4.97. The Labute approximate surface area is 104 Å². The molecule has 0 aromatic carbocycles. The Morgan fingerprint density at radius 3 is 2.59 bits per heavy atom. The maximum Gasteiger partial charge on any atom is 0.117 e. The molecule has 0 spiro atoms. The summed E-state index contributed by atoms with van der Waals surface area (Å²) in [5.74, 6) is 0.322. The largest absolute Gasteiger partial charge is 0.510 e. The maximum absolute atomic E-state index is 9.79. The van der Waals surface area contributed by atoms with E-state index in [4.69, 9.17) is 14.6 Å². The summed E-state index contributed by atoms with van der Waals surface area (Å²) in [4.78, 5) is 0. The molecule has 0 radical (unpaired) electrons. The van der Waals surface area contributed by atoms with Crippen molar-refractivity contribution in [1.82, 2.24) is 0 Å². The van der Waals surface area contributed by atoms with Crippen molar-refractivity contribution in [3.63, 3.8) is 0 Å². The molecule has 0 heterocycles. The van der Waals surface area contributed by atoms with Crippen LogP contribution in [0.25, 0.3) is 0 Å². The average Bonchev–Trinajstić information content (AvgIpc) is 2.33. The van der Waals surface area contributed by atoms with E-state index in [-0.39, 0.29) is 12.7 Å². The van der Waals surface area contributed by atoms with Crippen molar-refractivity contribution in [2.45, 2.75) is 45.6 Å². The van der Waals surface area contributed by atoms with Crippen molar-refractivity contribution in [1.29, 1.82) is 0 Å². The van der Waals surface area contributed by atoms with E-state index in [2.05, 4.69) is 6.92 Å². The molecule has 1 atom stereocenters. The second-order valence-corrected chi connectivity index (χ2v) is 3.87. The van der Waals surface area contributed by atoms with Gasteiger partial charge in [-0.1, -0.05) is 26.7 Å². The Balaban J connectivity index is 3.88. The Hall–Kier alpha value is -0.580. The number of ether oxygens (including phenoxy) is 2. The number of unbranched alkanes of at least 4 members (excludes halogenated alkanes) is 1. The van der Waals surface area contributed by atoms with Crippen LogP contribution in [0.15, 0.2) is 11.8 Å². The average molecular weight is 246 g/mol. The monoisotopic (exact) mass is 246 g/mol. The number of aliphatic hydroxyl groups is 2. The van der Waals surface area contributed by atoms with E-state index in [9.17, 15) is 5.11 Å². The van der Waals surface area contributed by atoms with Crippen LogP contribution in [0.4, 0.5) is 0 Å². The van der Waals surface area contributed by atoms with Gasteiger partial charge in [0.25, 0.3) is 0 Å². The van der Waals surface area contributed by atoms with E-state index in [0.29, 0.717) is 25.6 Å². The summed E-state index contributed by atoms with van der Waals surface area (Å²) in [5, 5.41) is 18.3. The van der Waals surface area contributed by atoms with Gasteiger partial charge in [-0.25, -0.2) is 0 Å². The number of hydrogen-bond donors (Lipinski definition) is 2. The fraction of sp³-hybridized carbons (Fsp3) is 0.846. The molecule has 0 rings (SSSR count). The van der Waals surface area contributed by atoms with E-state index >= 15 is 0 Å². The lowest BCUT2D eigenvalue weighted by Crippen LogP contribution is -2.19. The lowest BCUT2D eigenvalue weighted by Gasteiger charge is -2.17. The second-order valence-electron chi connectivity index (χ2n) is 3.87. The highest BCUT2D eigenvalue weighted by Crippen LogP contribution is 2.12. The Morgan fingerprint density at radius 2 is 2.00 bits per heavy atom. The second kappa shape index (κ2) is 11.9. The van der Waals surface area contributed by atoms with E-state index in [0.717, 1.165) is 25.7 Å². The van der Waals surface area contributed by atoms with E-state index < -0.39 is 0 Å². The highest BCUT2D eigenvalue weighted by atomic mass is 16.5. The minimum Gasteiger partial charge on any atom is -0.510 e. The van der Waals surface area contributed by atoms with Crippen LogP contribution in [0, 0.1) is 0 Å². The van der Waals surface area contributed by atoms with Gasteiger partial charge >= 0.3 is 0 Å². The van der Waals surface area contributed by atoms with Crippen LogP contribution >= 0.6 is 0 Å². The first-order valence-corrected chi connectivity index (χ1v) is 6.45. The molecule has 4 nitrogen and oxygen atoms in total. The van der Waals surface area contributed by atoms with E-state index in [1.54, 1.807) is 6.08 Å². The lowest BCUT2D eigenvalue weighted by molar-refractivity contribution is -0.00629. The summed E-state index contributed by atoms with van der Waals surface area (Å²) in [6.07, 6.45) is 5.32. The molecule has 0 aliphatic rings. The molecule has 0 aliphatic carbocycles. The number of hydrogen-bond acceptors (Lipinski definition) is 4. The van der Waals surface area contributed by atoms with Gasteiger partial charge in [-0.15, -0.1) is 0 Å². The van der Waals surface area contributed by atoms with Crippen LogP contribution in [0.5, 0.6) is 0 Å². The highest BCUT2D eigenvalue weighted by Gasteiger charge is 2.12. The summed E-state index contributed by atoms with van der Waals surface area (Å²) in [5.41, 5.74) is 0. The molecule has 2 N–H and O–H groups in total. The third kappa shape index (κ3) is 9.15. The minimum atomic E-state index is -0.215. The Morgan fingerprint density at radius 1 is 1.24 bits per heavy atom. The summed E-state index contributed by atoms with van der Waals surface area (Å²) in [6.45, 7) is 5.35. The molecule has 1 unspecified atom stereocenters. The predicted molar refractivity (Wildman–Crippen MR) is 68.2 cm³/mol. The molecular formula is C13H26O4. The van der Waals surface area contributed by atoms with Gasteiger partial charge in [0.2, 0.25) is 0 Å². The molecule has 0 saturated heterocycles. The summed E-state index contributed by atoms with van der Waals surface area (Å²) in [7, 11) is 0. The van der Waals surface area contributed by atoms with Crippen LogP contribution in [0.3, 0.4) is 0 Å². The van der Waals surface area contributed by atoms with Crippen molar-refractivity contribution in [2.24, 2.45) is 0 Å². The van der Waals surface area contributed by atoms with Crippen LogP contribution in [-0.4, -0.2) is 42.7 Å². The van der Waals surface area contributed by atoms with Gasteiger partial charge in [0.15, 0.2) is 0 Å². The summed E-state index contributed by atoms with van der Waals surface area (Å²) in [6, 6.07) is 0. The molecular weight excluding hydrogens is 220 g/mol. The van der Waals surface area contributed by atoms with Gasteiger partial charge in [-0.05, 0) is 18.9 Å². The number of aliphatic hydroxyl groups excluding tert-OH is 2. The zero-order valence-corrected chi connectivity index (χ0v) is 11.0. The minimum absolute atomic E-state index is 0.0280. The Bertz CT molecular complexity index is 192. The van der Waals surface area contributed by atoms with Gasteiger partial charge in [0.05, 0.1) is 26.4 Å². The smallest absolute Gasteiger partial charge is 0.117 e. The molecule has 102 valence electrons. The van der Waals surface area contributed by atoms with Crippen molar-refractivity contribution in [2.75, 3.05) is 26.4 Å². The normalized spacial score (nSPS) is 13.9. The SMILES string of the molecule is CCC=C(O)C(CCCC)OCCOCCO. The van der Waals surface area contributed by atoms with Gasteiger partial charge in [0, 0.05) is 0 Å². The van der Waals surface area contributed by atoms with Crippen molar-refractivity contribution < 1.29 is 19.7 Å². The Kier molecular flexibility index (Phi) is 11.5. The molecule has 0 amide bonds. The molecule has 0 aromatic rings. The van der Waals surface area contributed by atoms with Crippen LogP contribution in [0.2, 0.25) is 0 Å². The maximum atomic E-state index is 9.79. The van der Waals surface area contributed by atoms with Crippen molar-refractivity contribution in [3.8, 4) is 0 Å². The van der Waals surface area contributed by atoms with Gasteiger partial charge < -0.3 is 19.7 Å². The quantitative estimate of drug-likeness (QED) is 0.434. The lowest BCUT2D eigenvalue weighted by atomic mass is 10.1. The number of rotatable bonds is 11. The topological polar surface area (TPSA) is 58.9 Å². The van der Waals surface area contributed by atoms with Crippen LogP contribution in [-0.2, 0) is 9.47 Å². The van der Waals surface area contributed by atoms with E-state index in [1.165, 1.54) is 0 Å². The summed E-state index contributed by atoms with van der Waals surface area (Å²) < 4.78 is 10.7. The first kappa shape index (κ1) is 16.4. The zero-order chi connectivity index (χ0) is 12.9. The van der Waals surface area contributed by atoms with Gasteiger partial charge in [-0.3, -0.25) is 0 Å². The molecule has 0 aliphatic heterocycles. The first-order valence-electron chi connectivity index (χ1n) is 6.45. The third-order valence-electron chi connectivity index (χ3n) is 2.35. The molecule has 0 bridgehead atoms. The molecule has 0 saturated carbocycles. The summed E-state index contributed by atoms with van der Waals surface area (Å²) >= 11 is 0. The molecule has 4 heteroatoms. The van der Waals surface area contributed by atoms with Gasteiger partial charge in [-0.2, -0.15) is 0 Å². The molecule has 0 aromatic heterocycles. The fourth-order valence-electron chi connectivity index (χ4n) is 1.46. The van der Waals surface area contributed by atoms with E-state index in [1.807, 2.05) is 6.92 Å². The third-order valence-corrected chi connectivity index (χ3v) is 2.35. The van der Waals surface area contributed by atoms with Crippen molar-refractivity contribution >= 4 is 0 Å². The number of allylic oxidation sites excluding steroid dienone is 1. The van der Waals surface area contributed by atoms with Crippen molar-refractivity contribution in [3.05, 3.63) is 11.8 Å². The fourth-order valence-corrected chi connectivity index (χ4v) is 1.46. The van der Waals surface area contributed by atoms with Crippen LogP contribution < -0.4 is 0 Å². The standard InChI is InChI=1S/C13H26O4/c1-3-5-7-13(12(15)6-4-2)17-11-10-16-9-8-14/h6,13-15H,3-5,7-11H2,1-2H3. The first-order chi connectivity index (χ1) is 8.26. The predicted octanol–water partition coefficient (Wildman–Crippen LogP) is 2.42. The molecule has 0 fully saturated rings. The molecule has 17 heavy (non-hydrogen) atoms.